The van der Waals surface area contributed by atoms with Crippen molar-refractivity contribution in [2.45, 2.75) is 13.5 Å². The Labute approximate surface area is 115 Å². The van der Waals surface area contributed by atoms with Gasteiger partial charge < -0.3 is 25.1 Å². The Balaban J connectivity index is 2.71. The van der Waals surface area contributed by atoms with Crippen LogP contribution in [0.4, 0.5) is 4.79 Å². The van der Waals surface area contributed by atoms with Gasteiger partial charge in [-0.2, -0.15) is 0 Å². The van der Waals surface area contributed by atoms with E-state index in [-0.39, 0.29) is 6.54 Å². The van der Waals surface area contributed by atoms with Crippen molar-refractivity contribution < 1.29 is 23.9 Å². The Hall–Kier alpha value is -2.51. The van der Waals surface area contributed by atoms with Crippen molar-refractivity contribution in [1.82, 2.24) is 9.80 Å². The van der Waals surface area contributed by atoms with Crippen LogP contribution in [0.15, 0.2) is 16.5 Å². The summed E-state index contributed by atoms with van der Waals surface area (Å²) in [7, 11) is 1.48. The molecule has 0 atom stereocenters. The third-order valence-corrected chi connectivity index (χ3v) is 2.46. The number of amides is 3. The Morgan fingerprint density at radius 3 is 2.40 bits per heavy atom. The average Bonchev–Trinajstić information content (AvgIpc) is 2.71. The molecule has 3 N–H and O–H groups in total. The molecule has 0 saturated carbocycles. The van der Waals surface area contributed by atoms with E-state index in [2.05, 4.69) is 0 Å². The van der Waals surface area contributed by atoms with Crippen LogP contribution in [-0.4, -0.2) is 53.0 Å². The first-order valence-corrected chi connectivity index (χ1v) is 5.85. The lowest BCUT2D eigenvalue weighted by Gasteiger charge is -2.25. The Bertz CT molecular complexity index is 495. The highest BCUT2D eigenvalue weighted by Crippen LogP contribution is 2.10. The number of furan rings is 1. The van der Waals surface area contributed by atoms with Gasteiger partial charge in [-0.15, -0.1) is 0 Å². The molecule has 0 saturated heterocycles. The molecule has 0 aromatic carbocycles. The van der Waals surface area contributed by atoms with Gasteiger partial charge in [0, 0.05) is 7.05 Å². The van der Waals surface area contributed by atoms with Gasteiger partial charge in [-0.1, -0.05) is 0 Å². The summed E-state index contributed by atoms with van der Waals surface area (Å²) >= 11 is 0. The number of carbonyl (C=O) groups is 3. The molecule has 1 aromatic rings. The molecule has 0 fully saturated rings. The van der Waals surface area contributed by atoms with E-state index in [1.54, 1.807) is 19.1 Å². The fourth-order valence-electron chi connectivity index (χ4n) is 1.66. The van der Waals surface area contributed by atoms with E-state index in [1.807, 2.05) is 0 Å². The lowest BCUT2D eigenvalue weighted by molar-refractivity contribution is -0.138. The topological polar surface area (TPSA) is 117 Å². The number of carboxylic acids is 1. The van der Waals surface area contributed by atoms with Crippen molar-refractivity contribution in [3.05, 3.63) is 23.7 Å². The predicted molar refractivity (Wildman–Crippen MR) is 68.7 cm³/mol. The maximum Gasteiger partial charge on any atom is 0.323 e. The summed E-state index contributed by atoms with van der Waals surface area (Å²) in [4.78, 5) is 35.8. The van der Waals surface area contributed by atoms with Gasteiger partial charge in [0.25, 0.3) is 0 Å². The molecule has 1 rings (SSSR count). The highest BCUT2D eigenvalue weighted by Gasteiger charge is 2.22. The maximum absolute atomic E-state index is 12.1. The second kappa shape index (κ2) is 6.60. The molecule has 0 aliphatic carbocycles. The van der Waals surface area contributed by atoms with Crippen LogP contribution in [0.2, 0.25) is 0 Å². The number of urea groups is 1. The molecule has 0 aliphatic heterocycles. The van der Waals surface area contributed by atoms with Crippen LogP contribution in [0.25, 0.3) is 0 Å². The number of nitrogens with zero attached hydrogens (tertiary/aromatic N) is 2. The number of hydrogen-bond donors (Lipinski definition) is 2. The van der Waals surface area contributed by atoms with Gasteiger partial charge in [0.1, 0.15) is 24.6 Å². The van der Waals surface area contributed by atoms with Crippen LogP contribution < -0.4 is 5.73 Å². The number of primary amides is 1. The van der Waals surface area contributed by atoms with Crippen LogP contribution in [-0.2, 0) is 16.1 Å². The molecule has 8 heteroatoms. The van der Waals surface area contributed by atoms with Crippen LogP contribution in [0.1, 0.15) is 11.5 Å². The highest BCUT2D eigenvalue weighted by atomic mass is 16.4. The largest absolute Gasteiger partial charge is 0.480 e. The molecular formula is C12H17N3O5. The van der Waals surface area contributed by atoms with Crippen molar-refractivity contribution in [2.75, 3.05) is 20.1 Å². The zero-order valence-corrected chi connectivity index (χ0v) is 11.3. The number of hydrogen-bond acceptors (Lipinski definition) is 4. The fraction of sp³-hybridized carbons (Fsp3) is 0.417. The first-order valence-electron chi connectivity index (χ1n) is 5.85. The SMILES string of the molecule is Cc1ccc(CN(C)C(=O)N(CC(N)=O)CC(=O)O)o1. The summed E-state index contributed by atoms with van der Waals surface area (Å²) in [6, 6.07) is 2.86. The second-order valence-corrected chi connectivity index (χ2v) is 4.37. The van der Waals surface area contributed by atoms with Gasteiger partial charge in [-0.3, -0.25) is 9.59 Å². The minimum atomic E-state index is -1.22. The minimum absolute atomic E-state index is 0.168. The van der Waals surface area contributed by atoms with E-state index in [9.17, 15) is 14.4 Å². The lowest BCUT2D eigenvalue weighted by atomic mass is 10.4. The molecule has 0 spiro atoms. The van der Waals surface area contributed by atoms with Gasteiger partial charge in [-0.25, -0.2) is 4.79 Å². The second-order valence-electron chi connectivity index (χ2n) is 4.37. The van der Waals surface area contributed by atoms with Crippen molar-refractivity contribution in [1.29, 1.82) is 0 Å². The van der Waals surface area contributed by atoms with E-state index in [1.165, 1.54) is 11.9 Å². The number of carboxylic acid groups (broad SMARTS) is 1. The number of carbonyl (C=O) groups excluding carboxylic acids is 2. The van der Waals surface area contributed by atoms with Gasteiger partial charge in [0.2, 0.25) is 5.91 Å². The van der Waals surface area contributed by atoms with Crippen LogP contribution in [0.5, 0.6) is 0 Å². The Morgan fingerprint density at radius 1 is 1.30 bits per heavy atom. The minimum Gasteiger partial charge on any atom is -0.480 e. The Morgan fingerprint density at radius 2 is 1.95 bits per heavy atom. The van der Waals surface area contributed by atoms with Crippen LogP contribution >= 0.6 is 0 Å². The lowest BCUT2D eigenvalue weighted by Crippen LogP contribution is -2.47. The molecule has 8 nitrogen and oxygen atoms in total. The Kier molecular flexibility index (Phi) is 5.13. The number of aliphatic carboxylic acids is 1. The molecule has 1 heterocycles. The van der Waals surface area contributed by atoms with Gasteiger partial charge in [-0.05, 0) is 19.1 Å². The number of nitrogens with two attached hydrogens (primary N) is 1. The van der Waals surface area contributed by atoms with Crippen molar-refractivity contribution in [3.63, 3.8) is 0 Å². The first kappa shape index (κ1) is 15.5. The van der Waals surface area contributed by atoms with E-state index in [4.69, 9.17) is 15.3 Å². The van der Waals surface area contributed by atoms with E-state index in [0.717, 1.165) is 4.90 Å². The number of aryl methyl sites for hydroxylation is 1. The molecule has 0 bridgehead atoms. The van der Waals surface area contributed by atoms with Gasteiger partial charge in [0.05, 0.1) is 6.54 Å². The highest BCUT2D eigenvalue weighted by molar-refractivity contribution is 5.85. The predicted octanol–water partition coefficient (Wildman–Crippen LogP) is 0.0117. The van der Waals surface area contributed by atoms with E-state index in [0.29, 0.717) is 11.5 Å². The van der Waals surface area contributed by atoms with Crippen LogP contribution in [0.3, 0.4) is 0 Å². The monoisotopic (exact) mass is 283 g/mol. The fourth-order valence-corrected chi connectivity index (χ4v) is 1.66. The molecule has 20 heavy (non-hydrogen) atoms. The molecule has 110 valence electrons. The summed E-state index contributed by atoms with van der Waals surface area (Å²) < 4.78 is 5.33. The van der Waals surface area contributed by atoms with Crippen molar-refractivity contribution >= 4 is 17.9 Å². The standard InChI is InChI=1S/C12H17N3O5/c1-8-3-4-9(20-8)5-14(2)12(19)15(6-10(13)16)7-11(17)18/h3-4H,5-7H2,1-2H3,(H2,13,16)(H,17,18). The van der Waals surface area contributed by atoms with Crippen molar-refractivity contribution in [3.8, 4) is 0 Å². The summed E-state index contributed by atoms with van der Waals surface area (Å²) in [5.74, 6) is -0.725. The maximum atomic E-state index is 12.1. The summed E-state index contributed by atoms with van der Waals surface area (Å²) in [5.41, 5.74) is 5.00. The average molecular weight is 283 g/mol. The first-order chi connectivity index (χ1) is 9.29. The third kappa shape index (κ3) is 4.63. The molecule has 1 aromatic heterocycles. The van der Waals surface area contributed by atoms with Crippen LogP contribution in [0, 0.1) is 6.92 Å². The molecule has 0 aliphatic rings. The number of rotatable bonds is 6. The van der Waals surface area contributed by atoms with E-state index >= 15 is 0 Å². The smallest absolute Gasteiger partial charge is 0.323 e. The van der Waals surface area contributed by atoms with Gasteiger partial charge >= 0.3 is 12.0 Å². The molecule has 0 unspecified atom stereocenters. The summed E-state index contributed by atoms with van der Waals surface area (Å²) in [5, 5.41) is 8.74. The third-order valence-electron chi connectivity index (χ3n) is 2.46. The zero-order valence-electron chi connectivity index (χ0n) is 11.3. The zero-order chi connectivity index (χ0) is 15.3. The van der Waals surface area contributed by atoms with Crippen molar-refractivity contribution in [2.24, 2.45) is 5.73 Å². The summed E-state index contributed by atoms with van der Waals surface area (Å²) in [6.45, 7) is 0.895. The quantitative estimate of drug-likeness (QED) is 0.762. The molecular weight excluding hydrogens is 266 g/mol. The summed E-state index contributed by atoms with van der Waals surface area (Å²) in [6.07, 6.45) is 0. The molecule has 3 amide bonds. The van der Waals surface area contributed by atoms with E-state index < -0.39 is 31.0 Å². The molecule has 0 radical (unpaired) electrons. The van der Waals surface area contributed by atoms with Gasteiger partial charge in [0.15, 0.2) is 0 Å². The normalized spacial score (nSPS) is 10.1.